The summed E-state index contributed by atoms with van der Waals surface area (Å²) in [6, 6.07) is 15.4. The minimum absolute atomic E-state index is 0.0551. The maximum absolute atomic E-state index is 12.8. The summed E-state index contributed by atoms with van der Waals surface area (Å²) in [5, 5.41) is 0.964. The van der Waals surface area contributed by atoms with E-state index < -0.39 is 0 Å². The number of carbonyl (C=O) groups is 1. The highest BCUT2D eigenvalue weighted by Crippen LogP contribution is 2.25. The summed E-state index contributed by atoms with van der Waals surface area (Å²) in [6.45, 7) is 0. The molecule has 0 radical (unpaired) electrons. The fourth-order valence-corrected chi connectivity index (χ4v) is 2.48. The molecular weight excluding hydrogens is 248 g/mol. The van der Waals surface area contributed by atoms with Crippen molar-refractivity contribution in [1.29, 1.82) is 0 Å². The summed E-state index contributed by atoms with van der Waals surface area (Å²) < 4.78 is 0. The molecule has 0 aliphatic rings. The van der Waals surface area contributed by atoms with Crippen LogP contribution in [-0.2, 0) is 0 Å². The highest BCUT2D eigenvalue weighted by molar-refractivity contribution is 6.18. The quantitative estimate of drug-likeness (QED) is 0.735. The van der Waals surface area contributed by atoms with Gasteiger partial charge in [-0.1, -0.05) is 24.3 Å². The van der Waals surface area contributed by atoms with Gasteiger partial charge < -0.3 is 9.88 Å². The number of carbonyl (C=O) groups excluding carboxylic acids is 1. The molecule has 20 heavy (non-hydrogen) atoms. The van der Waals surface area contributed by atoms with E-state index in [-0.39, 0.29) is 5.78 Å². The summed E-state index contributed by atoms with van der Waals surface area (Å²) >= 11 is 0. The zero-order valence-corrected chi connectivity index (χ0v) is 11.6. The molecule has 3 aromatic rings. The molecule has 0 saturated heterocycles. The number of benzene rings is 2. The van der Waals surface area contributed by atoms with Crippen LogP contribution in [0.4, 0.5) is 5.69 Å². The van der Waals surface area contributed by atoms with Gasteiger partial charge >= 0.3 is 0 Å². The number of aromatic nitrogens is 1. The Labute approximate surface area is 117 Å². The van der Waals surface area contributed by atoms with E-state index in [9.17, 15) is 4.79 Å². The van der Waals surface area contributed by atoms with Crippen LogP contribution in [0.5, 0.6) is 0 Å². The molecule has 0 unspecified atom stereocenters. The number of aromatic amines is 1. The first-order chi connectivity index (χ1) is 9.68. The lowest BCUT2D eigenvalue weighted by molar-refractivity contribution is 0.104. The maximum Gasteiger partial charge on any atom is 0.195 e. The zero-order valence-electron chi connectivity index (χ0n) is 11.6. The molecule has 0 bridgehead atoms. The molecule has 0 aliphatic carbocycles. The van der Waals surface area contributed by atoms with Gasteiger partial charge in [-0.3, -0.25) is 4.79 Å². The van der Waals surface area contributed by atoms with Crippen molar-refractivity contribution >= 4 is 22.4 Å². The van der Waals surface area contributed by atoms with Gasteiger partial charge in [-0.05, 0) is 24.3 Å². The van der Waals surface area contributed by atoms with Gasteiger partial charge in [-0.25, -0.2) is 0 Å². The van der Waals surface area contributed by atoms with Crippen LogP contribution < -0.4 is 4.90 Å². The highest BCUT2D eigenvalue weighted by atomic mass is 16.1. The number of para-hydroxylation sites is 1. The molecule has 0 amide bonds. The first kappa shape index (κ1) is 12.5. The van der Waals surface area contributed by atoms with E-state index in [0.29, 0.717) is 0 Å². The zero-order chi connectivity index (χ0) is 14.1. The van der Waals surface area contributed by atoms with Crippen LogP contribution in [0.15, 0.2) is 54.7 Å². The van der Waals surface area contributed by atoms with Gasteiger partial charge in [-0.2, -0.15) is 0 Å². The standard InChI is InChI=1S/C17H16N2O/c1-19(2)16-9-4-3-6-14(16)17(20)13-7-5-8-15-12(13)10-11-18-15/h3-11,18H,1-2H3. The number of rotatable bonds is 3. The van der Waals surface area contributed by atoms with Crippen molar-refractivity contribution in [2.75, 3.05) is 19.0 Å². The highest BCUT2D eigenvalue weighted by Gasteiger charge is 2.16. The molecule has 1 aromatic heterocycles. The minimum atomic E-state index is 0.0551. The maximum atomic E-state index is 12.8. The van der Waals surface area contributed by atoms with Crippen LogP contribution in [0, 0.1) is 0 Å². The molecule has 0 saturated carbocycles. The average Bonchev–Trinajstić information content (AvgIpc) is 2.94. The number of nitrogens with one attached hydrogen (secondary N) is 1. The predicted octanol–water partition coefficient (Wildman–Crippen LogP) is 3.46. The van der Waals surface area contributed by atoms with Crippen molar-refractivity contribution in [1.82, 2.24) is 4.98 Å². The number of H-pyrrole nitrogens is 1. The van der Waals surface area contributed by atoms with Crippen LogP contribution in [0.3, 0.4) is 0 Å². The average molecular weight is 264 g/mol. The summed E-state index contributed by atoms with van der Waals surface area (Å²) in [7, 11) is 3.89. The Morgan fingerprint density at radius 3 is 2.50 bits per heavy atom. The summed E-state index contributed by atoms with van der Waals surface area (Å²) in [5.41, 5.74) is 3.38. The molecule has 0 spiro atoms. The summed E-state index contributed by atoms with van der Waals surface area (Å²) in [5.74, 6) is 0.0551. The van der Waals surface area contributed by atoms with E-state index in [1.165, 1.54) is 0 Å². The molecule has 0 aliphatic heterocycles. The van der Waals surface area contributed by atoms with E-state index in [4.69, 9.17) is 0 Å². The van der Waals surface area contributed by atoms with E-state index >= 15 is 0 Å². The van der Waals surface area contributed by atoms with Crippen LogP contribution in [0.25, 0.3) is 10.9 Å². The number of hydrogen-bond acceptors (Lipinski definition) is 2. The normalized spacial score (nSPS) is 10.7. The molecule has 1 heterocycles. The molecule has 3 rings (SSSR count). The number of nitrogens with zero attached hydrogens (tertiary/aromatic N) is 1. The third kappa shape index (κ3) is 1.97. The number of hydrogen-bond donors (Lipinski definition) is 1. The van der Waals surface area contributed by atoms with Gasteiger partial charge in [0.1, 0.15) is 0 Å². The van der Waals surface area contributed by atoms with Crippen molar-refractivity contribution in [2.24, 2.45) is 0 Å². The number of ketones is 1. The Hall–Kier alpha value is -2.55. The topological polar surface area (TPSA) is 36.1 Å². The second-order valence-electron chi connectivity index (χ2n) is 4.99. The number of anilines is 1. The molecule has 0 atom stereocenters. The third-order valence-electron chi connectivity index (χ3n) is 3.47. The second kappa shape index (κ2) is 4.85. The largest absolute Gasteiger partial charge is 0.377 e. The van der Waals surface area contributed by atoms with Crippen LogP contribution >= 0.6 is 0 Å². The van der Waals surface area contributed by atoms with E-state index in [0.717, 1.165) is 27.7 Å². The molecule has 0 fully saturated rings. The van der Waals surface area contributed by atoms with Gasteiger partial charge in [0.05, 0.1) is 0 Å². The predicted molar refractivity (Wildman–Crippen MR) is 82.5 cm³/mol. The summed E-state index contributed by atoms with van der Waals surface area (Å²) in [6.07, 6.45) is 1.86. The fraction of sp³-hybridized carbons (Fsp3) is 0.118. The molecule has 2 aromatic carbocycles. The Balaban J connectivity index is 2.16. The smallest absolute Gasteiger partial charge is 0.195 e. The van der Waals surface area contributed by atoms with E-state index in [2.05, 4.69) is 4.98 Å². The lowest BCUT2D eigenvalue weighted by atomic mass is 9.98. The molecule has 100 valence electrons. The molecule has 3 nitrogen and oxygen atoms in total. The van der Waals surface area contributed by atoms with Crippen LogP contribution in [-0.4, -0.2) is 24.9 Å². The van der Waals surface area contributed by atoms with Crippen molar-refractivity contribution in [3.8, 4) is 0 Å². The molecular formula is C17H16N2O. The third-order valence-corrected chi connectivity index (χ3v) is 3.47. The molecule has 1 N–H and O–H groups in total. The molecule has 3 heteroatoms. The number of fused-ring (bicyclic) bond motifs is 1. The fourth-order valence-electron chi connectivity index (χ4n) is 2.48. The summed E-state index contributed by atoms with van der Waals surface area (Å²) in [4.78, 5) is 17.9. The van der Waals surface area contributed by atoms with Crippen LogP contribution in [0.2, 0.25) is 0 Å². The minimum Gasteiger partial charge on any atom is -0.377 e. The van der Waals surface area contributed by atoms with Crippen LogP contribution in [0.1, 0.15) is 15.9 Å². The monoisotopic (exact) mass is 264 g/mol. The first-order valence-electron chi connectivity index (χ1n) is 6.55. The lowest BCUT2D eigenvalue weighted by Crippen LogP contribution is -2.14. The van der Waals surface area contributed by atoms with Gasteiger partial charge in [0.15, 0.2) is 5.78 Å². The van der Waals surface area contributed by atoms with E-state index in [1.54, 1.807) is 0 Å². The second-order valence-corrected chi connectivity index (χ2v) is 4.99. The van der Waals surface area contributed by atoms with Crippen molar-refractivity contribution < 1.29 is 4.79 Å². The van der Waals surface area contributed by atoms with Gasteiger partial charge in [0.2, 0.25) is 0 Å². The Morgan fingerprint density at radius 2 is 1.70 bits per heavy atom. The van der Waals surface area contributed by atoms with Crippen molar-refractivity contribution in [3.05, 3.63) is 65.9 Å². The van der Waals surface area contributed by atoms with Gasteiger partial charge in [-0.15, -0.1) is 0 Å². The van der Waals surface area contributed by atoms with Gasteiger partial charge in [0, 0.05) is 48.0 Å². The van der Waals surface area contributed by atoms with Crippen molar-refractivity contribution in [2.45, 2.75) is 0 Å². The first-order valence-corrected chi connectivity index (χ1v) is 6.55. The van der Waals surface area contributed by atoms with Gasteiger partial charge in [0.25, 0.3) is 0 Å². The van der Waals surface area contributed by atoms with Crippen molar-refractivity contribution in [3.63, 3.8) is 0 Å². The SMILES string of the molecule is CN(C)c1ccccc1C(=O)c1cccc2[nH]ccc12. The Bertz CT molecular complexity index is 771. The Kier molecular flexibility index (Phi) is 3.03. The van der Waals surface area contributed by atoms with E-state index in [1.807, 2.05) is 73.7 Å². The lowest BCUT2D eigenvalue weighted by Gasteiger charge is -2.16. The Morgan fingerprint density at radius 1 is 0.950 bits per heavy atom.